The smallest absolute Gasteiger partial charge is 0.329 e. The van der Waals surface area contributed by atoms with E-state index in [1.54, 1.807) is 38.3 Å². The maximum absolute atomic E-state index is 13.1. The highest BCUT2D eigenvalue weighted by molar-refractivity contribution is 6.23. The third-order valence-corrected chi connectivity index (χ3v) is 4.42. The Bertz CT molecular complexity index is 917. The fourth-order valence-corrected chi connectivity index (χ4v) is 2.90. The second-order valence-corrected chi connectivity index (χ2v) is 5.92. The van der Waals surface area contributed by atoms with Crippen LogP contribution in [0.3, 0.4) is 0 Å². The first-order valence-electron chi connectivity index (χ1n) is 7.84. The highest BCUT2D eigenvalue weighted by Crippen LogP contribution is 2.34. The predicted octanol–water partition coefficient (Wildman–Crippen LogP) is 2.55. The van der Waals surface area contributed by atoms with Crippen molar-refractivity contribution < 1.29 is 19.1 Å². The number of methoxy groups -OCH3 is 2. The van der Waals surface area contributed by atoms with Gasteiger partial charge >= 0.3 is 6.03 Å². The summed E-state index contributed by atoms with van der Waals surface area (Å²) in [5.74, 6) is 0.533. The molecule has 1 saturated heterocycles. The van der Waals surface area contributed by atoms with E-state index in [1.165, 1.54) is 25.3 Å². The van der Waals surface area contributed by atoms with Crippen LogP contribution in [0.25, 0.3) is 0 Å². The minimum absolute atomic E-state index is 0.295. The second-order valence-electron chi connectivity index (χ2n) is 5.92. The number of imide groups is 1. The number of carbonyl (C=O) groups excluding carboxylic acids is 2. The summed E-state index contributed by atoms with van der Waals surface area (Å²) in [7, 11) is 2.98. The molecule has 26 heavy (non-hydrogen) atoms. The molecule has 1 N–H and O–H groups in total. The van der Waals surface area contributed by atoms with Crippen LogP contribution >= 0.6 is 0 Å². The summed E-state index contributed by atoms with van der Waals surface area (Å²) in [4.78, 5) is 26.6. The van der Waals surface area contributed by atoms with Crippen molar-refractivity contribution >= 4 is 17.6 Å². The van der Waals surface area contributed by atoms with Gasteiger partial charge in [0.05, 0.1) is 25.5 Å². The first kappa shape index (κ1) is 17.3. The van der Waals surface area contributed by atoms with Crippen LogP contribution in [0.2, 0.25) is 0 Å². The molecule has 7 nitrogen and oxygen atoms in total. The molecule has 0 aromatic heterocycles. The van der Waals surface area contributed by atoms with Crippen molar-refractivity contribution in [2.24, 2.45) is 0 Å². The lowest BCUT2D eigenvalue weighted by atomic mass is 9.92. The number of hydrogen-bond acceptors (Lipinski definition) is 5. The molecule has 1 unspecified atom stereocenters. The van der Waals surface area contributed by atoms with Crippen molar-refractivity contribution in [3.05, 3.63) is 53.6 Å². The molecule has 0 aliphatic carbocycles. The van der Waals surface area contributed by atoms with Crippen LogP contribution in [0.1, 0.15) is 18.1 Å². The van der Waals surface area contributed by atoms with Gasteiger partial charge in [0.25, 0.3) is 5.91 Å². The topological polar surface area (TPSA) is 91.7 Å². The van der Waals surface area contributed by atoms with E-state index in [1.807, 2.05) is 6.07 Å². The zero-order valence-electron chi connectivity index (χ0n) is 14.6. The van der Waals surface area contributed by atoms with Crippen molar-refractivity contribution in [2.45, 2.75) is 12.5 Å². The van der Waals surface area contributed by atoms with Gasteiger partial charge in [0.2, 0.25) is 0 Å². The zero-order valence-corrected chi connectivity index (χ0v) is 14.6. The lowest BCUT2D eigenvalue weighted by Gasteiger charge is -2.22. The Kier molecular flexibility index (Phi) is 4.26. The Morgan fingerprint density at radius 3 is 2.35 bits per heavy atom. The van der Waals surface area contributed by atoms with Crippen LogP contribution in [0, 0.1) is 11.3 Å². The molecule has 0 saturated carbocycles. The van der Waals surface area contributed by atoms with Gasteiger partial charge in [-0.25, -0.2) is 9.69 Å². The summed E-state index contributed by atoms with van der Waals surface area (Å²) in [5.41, 5.74) is 0.0892. The van der Waals surface area contributed by atoms with Crippen LogP contribution in [-0.4, -0.2) is 26.2 Å². The molecule has 1 heterocycles. The van der Waals surface area contributed by atoms with E-state index in [4.69, 9.17) is 14.7 Å². The third kappa shape index (κ3) is 2.62. The fourth-order valence-electron chi connectivity index (χ4n) is 2.90. The molecule has 1 fully saturated rings. The summed E-state index contributed by atoms with van der Waals surface area (Å²) in [6.45, 7) is 1.65. The average molecular weight is 351 g/mol. The molecule has 132 valence electrons. The first-order valence-corrected chi connectivity index (χ1v) is 7.84. The van der Waals surface area contributed by atoms with Gasteiger partial charge in [0.1, 0.15) is 23.1 Å². The summed E-state index contributed by atoms with van der Waals surface area (Å²) in [6, 6.07) is 12.9. The van der Waals surface area contributed by atoms with Crippen molar-refractivity contribution in [2.75, 3.05) is 19.1 Å². The number of nitrogens with zero attached hydrogens (tertiary/aromatic N) is 2. The van der Waals surface area contributed by atoms with Crippen molar-refractivity contribution in [3.8, 4) is 17.6 Å². The molecule has 2 aromatic carbocycles. The van der Waals surface area contributed by atoms with E-state index < -0.39 is 17.5 Å². The van der Waals surface area contributed by atoms with Crippen LogP contribution in [0.4, 0.5) is 10.5 Å². The van der Waals surface area contributed by atoms with Crippen LogP contribution in [0.5, 0.6) is 11.5 Å². The van der Waals surface area contributed by atoms with E-state index in [9.17, 15) is 9.59 Å². The van der Waals surface area contributed by atoms with Gasteiger partial charge < -0.3 is 14.8 Å². The Morgan fingerprint density at radius 1 is 1.08 bits per heavy atom. The van der Waals surface area contributed by atoms with Crippen molar-refractivity contribution in [1.82, 2.24) is 5.32 Å². The number of carbonyl (C=O) groups is 2. The fraction of sp³-hybridized carbons (Fsp3) is 0.211. The van der Waals surface area contributed by atoms with Crippen molar-refractivity contribution in [3.63, 3.8) is 0 Å². The number of hydrogen-bond donors (Lipinski definition) is 1. The largest absolute Gasteiger partial charge is 0.497 e. The average Bonchev–Trinajstić information content (AvgIpc) is 2.90. The molecule has 0 radical (unpaired) electrons. The minimum atomic E-state index is -1.20. The number of nitrogens with one attached hydrogen (secondary N) is 1. The van der Waals surface area contributed by atoms with Crippen molar-refractivity contribution in [1.29, 1.82) is 5.26 Å². The SMILES string of the molecule is COc1ccc(C2(C)NC(=O)N(c3ccc(C#N)c(OC)c3)C2=O)cc1. The molecule has 3 rings (SSSR count). The highest BCUT2D eigenvalue weighted by atomic mass is 16.5. The van der Waals surface area contributed by atoms with Crippen LogP contribution in [0.15, 0.2) is 42.5 Å². The van der Waals surface area contributed by atoms with Gasteiger partial charge in [-0.2, -0.15) is 5.26 Å². The van der Waals surface area contributed by atoms with Gasteiger partial charge in [-0.1, -0.05) is 12.1 Å². The Morgan fingerprint density at radius 2 is 1.77 bits per heavy atom. The van der Waals surface area contributed by atoms with E-state index in [0.717, 1.165) is 4.90 Å². The number of amides is 3. The number of nitriles is 1. The summed E-state index contributed by atoms with van der Waals surface area (Å²) in [5, 5.41) is 11.8. The Hall–Kier alpha value is -3.53. The molecule has 0 spiro atoms. The van der Waals surface area contributed by atoms with Gasteiger partial charge in [-0.05, 0) is 36.8 Å². The molecular formula is C19H17N3O4. The van der Waals surface area contributed by atoms with E-state index in [-0.39, 0.29) is 0 Å². The van der Waals surface area contributed by atoms with Gasteiger partial charge in [0.15, 0.2) is 0 Å². The quantitative estimate of drug-likeness (QED) is 0.855. The van der Waals surface area contributed by atoms with E-state index in [0.29, 0.717) is 28.3 Å². The summed E-state index contributed by atoms with van der Waals surface area (Å²) in [6.07, 6.45) is 0. The standard InChI is InChI=1S/C19H17N3O4/c1-19(13-5-8-15(25-2)9-6-13)17(23)22(18(24)21-19)14-7-4-12(11-20)16(10-14)26-3/h4-10H,1-3H3,(H,21,24). The summed E-state index contributed by atoms with van der Waals surface area (Å²) >= 11 is 0. The number of rotatable bonds is 4. The monoisotopic (exact) mass is 351 g/mol. The number of benzene rings is 2. The minimum Gasteiger partial charge on any atom is -0.497 e. The molecule has 1 aliphatic rings. The van der Waals surface area contributed by atoms with E-state index in [2.05, 4.69) is 5.32 Å². The Labute approximate surface area is 150 Å². The van der Waals surface area contributed by atoms with Crippen LogP contribution in [-0.2, 0) is 10.3 Å². The second kappa shape index (κ2) is 6.41. The maximum Gasteiger partial charge on any atom is 0.329 e. The number of anilines is 1. The van der Waals surface area contributed by atoms with Crippen LogP contribution < -0.4 is 19.7 Å². The summed E-state index contributed by atoms with van der Waals surface area (Å²) < 4.78 is 10.3. The maximum atomic E-state index is 13.1. The lowest BCUT2D eigenvalue weighted by molar-refractivity contribution is -0.121. The third-order valence-electron chi connectivity index (χ3n) is 4.42. The number of ether oxygens (including phenoxy) is 2. The molecule has 2 aromatic rings. The molecule has 3 amide bonds. The molecule has 1 atom stereocenters. The highest BCUT2D eigenvalue weighted by Gasteiger charge is 2.49. The lowest BCUT2D eigenvalue weighted by Crippen LogP contribution is -2.40. The molecule has 7 heteroatoms. The zero-order chi connectivity index (χ0) is 18.9. The molecular weight excluding hydrogens is 334 g/mol. The van der Waals surface area contributed by atoms with Gasteiger partial charge in [-0.15, -0.1) is 0 Å². The molecule has 0 bridgehead atoms. The molecule has 1 aliphatic heterocycles. The normalized spacial score (nSPS) is 19.1. The van der Waals surface area contributed by atoms with E-state index >= 15 is 0 Å². The first-order chi connectivity index (χ1) is 12.4. The number of urea groups is 1. The van der Waals surface area contributed by atoms with Gasteiger partial charge in [0, 0.05) is 6.07 Å². The predicted molar refractivity (Wildman–Crippen MR) is 94.1 cm³/mol. The van der Waals surface area contributed by atoms with Gasteiger partial charge in [-0.3, -0.25) is 4.79 Å². The Balaban J connectivity index is 2.00.